The van der Waals surface area contributed by atoms with Gasteiger partial charge in [-0.25, -0.2) is 17.7 Å². The standard InChI is InChI=1S/C15H24N2O3S2/c1-3-22(18,19)17-7-13-5-4-6-15(13,10-17)11-20-8-14-9-21-12(2)16-14/h9,13H,3-8,10-11H2,1-2H3/t13-,15+/m1/s1. The number of rotatable bonds is 6. The Hall–Kier alpha value is -0.500. The molecule has 0 spiro atoms. The van der Waals surface area contributed by atoms with Crippen molar-refractivity contribution in [2.45, 2.75) is 39.7 Å². The highest BCUT2D eigenvalue weighted by molar-refractivity contribution is 7.89. The van der Waals surface area contributed by atoms with Crippen LogP contribution >= 0.6 is 11.3 Å². The third-order valence-electron chi connectivity index (χ3n) is 5.07. The van der Waals surface area contributed by atoms with E-state index >= 15 is 0 Å². The summed E-state index contributed by atoms with van der Waals surface area (Å²) < 4.78 is 31.9. The number of aryl methyl sites for hydroxylation is 1. The number of hydrogen-bond donors (Lipinski definition) is 0. The van der Waals surface area contributed by atoms with Gasteiger partial charge < -0.3 is 4.74 Å². The van der Waals surface area contributed by atoms with Gasteiger partial charge >= 0.3 is 0 Å². The Morgan fingerprint density at radius 2 is 2.36 bits per heavy atom. The van der Waals surface area contributed by atoms with Crippen molar-refractivity contribution in [2.75, 3.05) is 25.4 Å². The van der Waals surface area contributed by atoms with E-state index < -0.39 is 10.0 Å². The van der Waals surface area contributed by atoms with Gasteiger partial charge in [-0.15, -0.1) is 11.3 Å². The van der Waals surface area contributed by atoms with E-state index in [-0.39, 0.29) is 11.2 Å². The quantitative estimate of drug-likeness (QED) is 0.795. The van der Waals surface area contributed by atoms with Crippen LogP contribution in [0.3, 0.4) is 0 Å². The van der Waals surface area contributed by atoms with Crippen molar-refractivity contribution in [1.29, 1.82) is 0 Å². The van der Waals surface area contributed by atoms with Crippen molar-refractivity contribution >= 4 is 21.4 Å². The second-order valence-electron chi connectivity index (χ2n) is 6.50. The molecule has 1 saturated carbocycles. The Labute approximate surface area is 136 Å². The van der Waals surface area contributed by atoms with Crippen molar-refractivity contribution in [1.82, 2.24) is 9.29 Å². The number of sulfonamides is 1. The van der Waals surface area contributed by atoms with Gasteiger partial charge in [0.1, 0.15) is 0 Å². The average Bonchev–Trinajstić information content (AvgIpc) is 3.13. The SMILES string of the molecule is CCS(=O)(=O)N1C[C@H]2CCC[C@@]2(COCc2csc(C)n2)C1. The molecule has 3 rings (SSSR count). The van der Waals surface area contributed by atoms with Crippen molar-refractivity contribution in [3.63, 3.8) is 0 Å². The van der Waals surface area contributed by atoms with Gasteiger partial charge in [-0.1, -0.05) is 6.42 Å². The fraction of sp³-hybridized carbons (Fsp3) is 0.800. The summed E-state index contributed by atoms with van der Waals surface area (Å²) in [5, 5.41) is 3.08. The smallest absolute Gasteiger partial charge is 0.213 e. The van der Waals surface area contributed by atoms with E-state index in [1.807, 2.05) is 12.3 Å². The minimum atomic E-state index is -3.08. The van der Waals surface area contributed by atoms with Gasteiger partial charge in [-0.2, -0.15) is 0 Å². The number of aromatic nitrogens is 1. The molecule has 7 heteroatoms. The lowest BCUT2D eigenvalue weighted by Gasteiger charge is -2.28. The first-order valence-corrected chi connectivity index (χ1v) is 10.4. The summed E-state index contributed by atoms with van der Waals surface area (Å²) in [6.45, 7) is 6.18. The summed E-state index contributed by atoms with van der Waals surface area (Å²) >= 11 is 1.63. The summed E-state index contributed by atoms with van der Waals surface area (Å²) in [6.07, 6.45) is 3.38. The molecule has 1 saturated heterocycles. The van der Waals surface area contributed by atoms with Crippen LogP contribution in [-0.4, -0.2) is 43.2 Å². The van der Waals surface area contributed by atoms with Crippen molar-refractivity contribution in [3.8, 4) is 0 Å². The van der Waals surface area contributed by atoms with E-state index in [9.17, 15) is 8.42 Å². The number of ether oxygens (including phenoxy) is 1. The second kappa shape index (κ2) is 6.19. The van der Waals surface area contributed by atoms with Crippen LogP contribution in [0.2, 0.25) is 0 Å². The molecule has 2 atom stereocenters. The Balaban J connectivity index is 1.63. The Bertz CT molecular complexity index is 628. The predicted octanol–water partition coefficient (Wildman–Crippen LogP) is 2.42. The molecule has 2 aliphatic rings. The molecule has 1 aromatic heterocycles. The van der Waals surface area contributed by atoms with Gasteiger partial charge in [0.05, 0.1) is 29.7 Å². The van der Waals surface area contributed by atoms with Gasteiger partial charge in [0, 0.05) is 23.9 Å². The average molecular weight is 345 g/mol. The highest BCUT2D eigenvalue weighted by Gasteiger charge is 2.51. The summed E-state index contributed by atoms with van der Waals surface area (Å²) in [6, 6.07) is 0. The van der Waals surface area contributed by atoms with Crippen LogP contribution in [0.15, 0.2) is 5.38 Å². The van der Waals surface area contributed by atoms with Crippen LogP contribution in [0.25, 0.3) is 0 Å². The first kappa shape index (κ1) is 16.4. The van der Waals surface area contributed by atoms with E-state index in [2.05, 4.69) is 4.98 Å². The van der Waals surface area contributed by atoms with E-state index in [1.165, 1.54) is 6.42 Å². The molecule has 5 nitrogen and oxygen atoms in total. The van der Waals surface area contributed by atoms with Crippen LogP contribution < -0.4 is 0 Å². The van der Waals surface area contributed by atoms with E-state index in [4.69, 9.17) is 4.74 Å². The molecule has 0 unspecified atom stereocenters. The van der Waals surface area contributed by atoms with E-state index in [0.29, 0.717) is 32.2 Å². The van der Waals surface area contributed by atoms with Crippen molar-refractivity contribution < 1.29 is 13.2 Å². The lowest BCUT2D eigenvalue weighted by atomic mass is 9.82. The zero-order valence-electron chi connectivity index (χ0n) is 13.2. The maximum Gasteiger partial charge on any atom is 0.213 e. The number of nitrogens with zero attached hydrogens (tertiary/aromatic N) is 2. The van der Waals surface area contributed by atoms with Gasteiger partial charge in [-0.05, 0) is 32.6 Å². The summed E-state index contributed by atoms with van der Waals surface area (Å²) in [5.74, 6) is 0.639. The van der Waals surface area contributed by atoms with Crippen molar-refractivity contribution in [3.05, 3.63) is 16.1 Å². The Morgan fingerprint density at radius 1 is 1.55 bits per heavy atom. The molecule has 0 aromatic carbocycles. The van der Waals surface area contributed by atoms with Crippen LogP contribution in [-0.2, 0) is 21.4 Å². The zero-order chi connectivity index (χ0) is 15.8. The first-order valence-electron chi connectivity index (χ1n) is 7.92. The fourth-order valence-electron chi connectivity index (χ4n) is 3.83. The topological polar surface area (TPSA) is 59.5 Å². The maximum atomic E-state index is 12.1. The molecule has 22 heavy (non-hydrogen) atoms. The first-order chi connectivity index (χ1) is 10.5. The predicted molar refractivity (Wildman–Crippen MR) is 87.3 cm³/mol. The normalized spacial score (nSPS) is 29.1. The van der Waals surface area contributed by atoms with Crippen LogP contribution in [0.4, 0.5) is 0 Å². The molecule has 0 amide bonds. The van der Waals surface area contributed by atoms with Gasteiger partial charge in [-0.3, -0.25) is 0 Å². The molecular weight excluding hydrogens is 320 g/mol. The summed E-state index contributed by atoms with van der Waals surface area (Å²) in [7, 11) is -3.08. The third kappa shape index (κ3) is 3.09. The lowest BCUT2D eigenvalue weighted by molar-refractivity contribution is 0.0279. The van der Waals surface area contributed by atoms with Crippen LogP contribution in [0.1, 0.15) is 36.9 Å². The second-order valence-corrected chi connectivity index (χ2v) is 9.82. The van der Waals surface area contributed by atoms with E-state index in [1.54, 1.807) is 22.6 Å². The summed E-state index contributed by atoms with van der Waals surface area (Å²) in [4.78, 5) is 4.41. The van der Waals surface area contributed by atoms with Gasteiger partial charge in [0.25, 0.3) is 0 Å². The highest BCUT2D eigenvalue weighted by Crippen LogP contribution is 2.49. The zero-order valence-corrected chi connectivity index (χ0v) is 14.9. The molecule has 1 aliphatic heterocycles. The largest absolute Gasteiger partial charge is 0.374 e. The molecule has 0 radical (unpaired) electrons. The molecule has 0 bridgehead atoms. The maximum absolute atomic E-state index is 12.1. The van der Waals surface area contributed by atoms with E-state index in [0.717, 1.165) is 23.5 Å². The molecule has 0 N–H and O–H groups in total. The number of fused-ring (bicyclic) bond motifs is 1. The number of thiazole rings is 1. The summed E-state index contributed by atoms with van der Waals surface area (Å²) in [5.41, 5.74) is 0.998. The molecule has 1 aliphatic carbocycles. The van der Waals surface area contributed by atoms with Gasteiger partial charge in [0.15, 0.2) is 0 Å². The molecule has 2 heterocycles. The Kier molecular flexibility index (Phi) is 4.60. The van der Waals surface area contributed by atoms with Crippen LogP contribution in [0, 0.1) is 18.3 Å². The molecule has 124 valence electrons. The van der Waals surface area contributed by atoms with Gasteiger partial charge in [0.2, 0.25) is 10.0 Å². The van der Waals surface area contributed by atoms with Crippen LogP contribution in [0.5, 0.6) is 0 Å². The Morgan fingerprint density at radius 3 is 3.05 bits per heavy atom. The minimum absolute atomic E-state index is 0.0211. The molecule has 2 fully saturated rings. The third-order valence-corrected chi connectivity index (χ3v) is 7.69. The van der Waals surface area contributed by atoms with Crippen molar-refractivity contribution in [2.24, 2.45) is 11.3 Å². The monoisotopic (exact) mass is 344 g/mol. The molecular formula is C15H24N2O3S2. The highest BCUT2D eigenvalue weighted by atomic mass is 32.2. The number of hydrogen-bond acceptors (Lipinski definition) is 5. The minimum Gasteiger partial charge on any atom is -0.374 e. The molecule has 1 aromatic rings. The lowest BCUT2D eigenvalue weighted by Crippen LogP contribution is -2.35. The fourth-order valence-corrected chi connectivity index (χ4v) is 5.65.